The Bertz CT molecular complexity index is 598. The van der Waals surface area contributed by atoms with Crippen LogP contribution in [0.1, 0.15) is 29.7 Å². The fourth-order valence-electron chi connectivity index (χ4n) is 2.29. The van der Waals surface area contributed by atoms with Crippen LogP contribution in [0.5, 0.6) is 5.75 Å². The second-order valence-corrected chi connectivity index (χ2v) is 4.95. The van der Waals surface area contributed by atoms with Gasteiger partial charge in [-0.3, -0.25) is 0 Å². The van der Waals surface area contributed by atoms with Crippen molar-refractivity contribution in [3.63, 3.8) is 0 Å². The maximum Gasteiger partial charge on any atom is 0.124 e. The number of ether oxygens (including phenoxy) is 1. The Balaban J connectivity index is 2.16. The van der Waals surface area contributed by atoms with Gasteiger partial charge >= 0.3 is 0 Å². The SMILES string of the molecule is COc1ccc(NC(C)c2cccc(CO)c2)cc1CO. The zero-order valence-electron chi connectivity index (χ0n) is 12.3. The molecule has 21 heavy (non-hydrogen) atoms. The lowest BCUT2D eigenvalue weighted by molar-refractivity contribution is 0.274. The van der Waals surface area contributed by atoms with E-state index in [1.54, 1.807) is 7.11 Å². The lowest BCUT2D eigenvalue weighted by Crippen LogP contribution is -2.07. The van der Waals surface area contributed by atoms with E-state index in [1.807, 2.05) is 42.5 Å². The molecule has 0 aliphatic carbocycles. The molecule has 0 aromatic heterocycles. The molecule has 0 fully saturated rings. The summed E-state index contributed by atoms with van der Waals surface area (Å²) in [5.74, 6) is 0.679. The fraction of sp³-hybridized carbons (Fsp3) is 0.294. The molecule has 1 unspecified atom stereocenters. The molecule has 0 aliphatic heterocycles. The first-order valence-electron chi connectivity index (χ1n) is 6.92. The summed E-state index contributed by atoms with van der Waals surface area (Å²) in [5.41, 5.74) is 3.66. The van der Waals surface area contributed by atoms with E-state index in [9.17, 15) is 10.2 Å². The fourth-order valence-corrected chi connectivity index (χ4v) is 2.29. The minimum Gasteiger partial charge on any atom is -0.496 e. The van der Waals surface area contributed by atoms with Gasteiger partial charge in [0, 0.05) is 17.3 Å². The largest absolute Gasteiger partial charge is 0.496 e. The van der Waals surface area contributed by atoms with Gasteiger partial charge < -0.3 is 20.3 Å². The van der Waals surface area contributed by atoms with Gasteiger partial charge in [-0.1, -0.05) is 24.3 Å². The van der Waals surface area contributed by atoms with Gasteiger partial charge in [-0.15, -0.1) is 0 Å². The first-order chi connectivity index (χ1) is 10.2. The van der Waals surface area contributed by atoms with Crippen molar-refractivity contribution in [2.75, 3.05) is 12.4 Å². The predicted molar refractivity (Wildman–Crippen MR) is 83.3 cm³/mol. The normalized spacial score (nSPS) is 12.0. The molecule has 2 aromatic rings. The van der Waals surface area contributed by atoms with Crippen LogP contribution >= 0.6 is 0 Å². The molecule has 2 rings (SSSR count). The van der Waals surface area contributed by atoms with E-state index in [2.05, 4.69) is 12.2 Å². The van der Waals surface area contributed by atoms with E-state index in [-0.39, 0.29) is 19.3 Å². The number of methoxy groups -OCH3 is 1. The molecule has 112 valence electrons. The molecule has 0 amide bonds. The van der Waals surface area contributed by atoms with Crippen molar-refractivity contribution in [2.24, 2.45) is 0 Å². The van der Waals surface area contributed by atoms with Gasteiger partial charge in [-0.2, -0.15) is 0 Å². The van der Waals surface area contributed by atoms with Gasteiger partial charge in [0.05, 0.1) is 20.3 Å². The molecule has 4 heteroatoms. The van der Waals surface area contributed by atoms with Crippen molar-refractivity contribution < 1.29 is 14.9 Å². The summed E-state index contributed by atoms with van der Waals surface area (Å²) >= 11 is 0. The topological polar surface area (TPSA) is 61.7 Å². The van der Waals surface area contributed by atoms with Crippen LogP contribution in [-0.4, -0.2) is 17.3 Å². The molecular weight excluding hydrogens is 266 g/mol. The number of nitrogens with one attached hydrogen (secondary N) is 1. The number of aliphatic hydroxyl groups excluding tert-OH is 2. The number of hydrogen-bond acceptors (Lipinski definition) is 4. The zero-order chi connectivity index (χ0) is 15.2. The molecular formula is C17H21NO3. The smallest absolute Gasteiger partial charge is 0.124 e. The van der Waals surface area contributed by atoms with Crippen LogP contribution in [0.3, 0.4) is 0 Å². The maximum atomic E-state index is 9.36. The van der Waals surface area contributed by atoms with Crippen molar-refractivity contribution in [3.8, 4) is 5.75 Å². The van der Waals surface area contributed by atoms with E-state index in [4.69, 9.17) is 4.74 Å². The average molecular weight is 287 g/mol. The summed E-state index contributed by atoms with van der Waals surface area (Å²) in [5, 5.41) is 21.9. The van der Waals surface area contributed by atoms with Gasteiger partial charge in [0.1, 0.15) is 5.75 Å². The Morgan fingerprint density at radius 3 is 2.57 bits per heavy atom. The Morgan fingerprint density at radius 2 is 1.90 bits per heavy atom. The van der Waals surface area contributed by atoms with Crippen molar-refractivity contribution in [1.82, 2.24) is 0 Å². The Kier molecular flexibility index (Phi) is 5.20. The highest BCUT2D eigenvalue weighted by Crippen LogP contribution is 2.26. The number of anilines is 1. The molecule has 0 aliphatic rings. The summed E-state index contributed by atoms with van der Waals surface area (Å²) in [4.78, 5) is 0. The number of hydrogen-bond donors (Lipinski definition) is 3. The van der Waals surface area contributed by atoms with E-state index < -0.39 is 0 Å². The van der Waals surface area contributed by atoms with Crippen molar-refractivity contribution in [1.29, 1.82) is 0 Å². The van der Waals surface area contributed by atoms with Gasteiger partial charge in [-0.05, 0) is 36.2 Å². The van der Waals surface area contributed by atoms with Crippen molar-refractivity contribution >= 4 is 5.69 Å². The van der Waals surface area contributed by atoms with Crippen molar-refractivity contribution in [3.05, 3.63) is 59.2 Å². The van der Waals surface area contributed by atoms with E-state index in [0.29, 0.717) is 5.75 Å². The molecule has 3 N–H and O–H groups in total. The van der Waals surface area contributed by atoms with Gasteiger partial charge in [0.2, 0.25) is 0 Å². The highest BCUT2D eigenvalue weighted by Gasteiger charge is 2.08. The average Bonchev–Trinajstić information content (AvgIpc) is 2.54. The molecule has 0 radical (unpaired) electrons. The van der Waals surface area contributed by atoms with Crippen LogP contribution in [0, 0.1) is 0 Å². The minimum absolute atomic E-state index is 0.0394. The van der Waals surface area contributed by atoms with Crippen LogP contribution in [0.15, 0.2) is 42.5 Å². The zero-order valence-corrected chi connectivity index (χ0v) is 12.3. The Labute approximate surface area is 125 Å². The second-order valence-electron chi connectivity index (χ2n) is 4.95. The Hall–Kier alpha value is -2.04. The lowest BCUT2D eigenvalue weighted by Gasteiger charge is -2.18. The third-order valence-electron chi connectivity index (χ3n) is 3.47. The number of aliphatic hydroxyl groups is 2. The summed E-state index contributed by atoms with van der Waals surface area (Å²) < 4.78 is 5.20. The summed E-state index contributed by atoms with van der Waals surface area (Å²) in [6, 6.07) is 13.6. The minimum atomic E-state index is -0.0624. The van der Waals surface area contributed by atoms with Gasteiger partial charge in [0.15, 0.2) is 0 Å². The number of rotatable bonds is 6. The second kappa shape index (κ2) is 7.11. The molecule has 4 nitrogen and oxygen atoms in total. The molecule has 0 saturated carbocycles. The predicted octanol–water partition coefficient (Wildman–Crippen LogP) is 2.85. The molecule has 0 heterocycles. The third-order valence-corrected chi connectivity index (χ3v) is 3.47. The molecule has 0 spiro atoms. The van der Waals surface area contributed by atoms with Gasteiger partial charge in [0.25, 0.3) is 0 Å². The summed E-state index contributed by atoms with van der Waals surface area (Å²) in [6.45, 7) is 2.03. The molecule has 2 aromatic carbocycles. The van der Waals surface area contributed by atoms with Crippen LogP contribution < -0.4 is 10.1 Å². The highest BCUT2D eigenvalue weighted by molar-refractivity contribution is 5.52. The van der Waals surface area contributed by atoms with Crippen LogP contribution in [0.25, 0.3) is 0 Å². The van der Waals surface area contributed by atoms with Crippen molar-refractivity contribution in [2.45, 2.75) is 26.2 Å². The maximum absolute atomic E-state index is 9.36. The standard InChI is InChI=1S/C17H21NO3/c1-12(14-5-3-4-13(8-14)10-19)18-16-6-7-17(21-2)15(9-16)11-20/h3-9,12,18-20H,10-11H2,1-2H3. The van der Waals surface area contributed by atoms with E-state index >= 15 is 0 Å². The Morgan fingerprint density at radius 1 is 1.10 bits per heavy atom. The van der Waals surface area contributed by atoms with E-state index in [1.165, 1.54) is 0 Å². The van der Waals surface area contributed by atoms with Crippen LogP contribution in [0.2, 0.25) is 0 Å². The third kappa shape index (κ3) is 3.74. The molecule has 0 saturated heterocycles. The van der Waals surface area contributed by atoms with Crippen LogP contribution in [-0.2, 0) is 13.2 Å². The van der Waals surface area contributed by atoms with Gasteiger partial charge in [-0.25, -0.2) is 0 Å². The molecule has 0 bridgehead atoms. The van der Waals surface area contributed by atoms with Crippen LogP contribution in [0.4, 0.5) is 5.69 Å². The molecule has 1 atom stereocenters. The summed E-state index contributed by atoms with van der Waals surface area (Å²) in [6.07, 6.45) is 0. The van der Waals surface area contributed by atoms with E-state index in [0.717, 1.165) is 22.4 Å². The first-order valence-corrected chi connectivity index (χ1v) is 6.92. The number of benzene rings is 2. The summed E-state index contributed by atoms with van der Waals surface area (Å²) in [7, 11) is 1.59. The first kappa shape index (κ1) is 15.4. The highest BCUT2D eigenvalue weighted by atomic mass is 16.5. The monoisotopic (exact) mass is 287 g/mol. The quantitative estimate of drug-likeness (QED) is 0.764. The lowest BCUT2D eigenvalue weighted by atomic mass is 10.0.